The van der Waals surface area contributed by atoms with Crippen molar-refractivity contribution in [3.05, 3.63) is 29.3 Å². The van der Waals surface area contributed by atoms with Crippen molar-refractivity contribution in [2.45, 2.75) is 59.0 Å². The van der Waals surface area contributed by atoms with Gasteiger partial charge < -0.3 is 14.4 Å². The summed E-state index contributed by atoms with van der Waals surface area (Å²) in [6.07, 6.45) is 0.347. The molecule has 0 radical (unpaired) electrons. The van der Waals surface area contributed by atoms with Crippen LogP contribution in [0.5, 0.6) is 5.75 Å². The van der Waals surface area contributed by atoms with Gasteiger partial charge in [-0.05, 0) is 30.9 Å². The van der Waals surface area contributed by atoms with Gasteiger partial charge in [0.05, 0.1) is 26.1 Å². The van der Waals surface area contributed by atoms with E-state index in [2.05, 4.69) is 33.8 Å². The van der Waals surface area contributed by atoms with E-state index in [1.807, 2.05) is 12.1 Å². The summed E-state index contributed by atoms with van der Waals surface area (Å²) in [6, 6.07) is 6.23. The van der Waals surface area contributed by atoms with Gasteiger partial charge in [-0.25, -0.2) is 0 Å². The van der Waals surface area contributed by atoms with E-state index in [-0.39, 0.29) is 36.2 Å². The number of nitrogens with zero attached hydrogens (tertiary/aromatic N) is 1. The molecule has 1 aromatic carbocycles. The molecule has 0 aliphatic carbocycles. The van der Waals surface area contributed by atoms with Gasteiger partial charge in [-0.15, -0.1) is 0 Å². The molecule has 138 valence electrons. The molecule has 1 heterocycles. The number of esters is 1. The summed E-state index contributed by atoms with van der Waals surface area (Å²) < 4.78 is 11.0. The van der Waals surface area contributed by atoms with E-state index in [0.29, 0.717) is 19.7 Å². The zero-order valence-electron chi connectivity index (χ0n) is 15.9. The molecule has 0 aromatic heterocycles. The Labute approximate surface area is 150 Å². The third-order valence-electron chi connectivity index (χ3n) is 4.29. The maximum Gasteiger partial charge on any atom is 0.306 e. The number of rotatable bonds is 6. The Hall–Kier alpha value is -2.04. The van der Waals surface area contributed by atoms with Crippen LogP contribution in [0.1, 0.15) is 51.7 Å². The summed E-state index contributed by atoms with van der Waals surface area (Å²) in [7, 11) is 0. The number of carbonyl (C=O) groups is 2. The zero-order chi connectivity index (χ0) is 18.6. The molecule has 1 fully saturated rings. The van der Waals surface area contributed by atoms with Gasteiger partial charge in [0.15, 0.2) is 0 Å². The molecule has 0 N–H and O–H groups in total. The number of hydrogen-bond donors (Lipinski definition) is 0. The van der Waals surface area contributed by atoms with Crippen LogP contribution in [0.15, 0.2) is 18.2 Å². The van der Waals surface area contributed by atoms with E-state index in [4.69, 9.17) is 9.47 Å². The summed E-state index contributed by atoms with van der Waals surface area (Å²) in [4.78, 5) is 25.1. The van der Waals surface area contributed by atoms with Crippen LogP contribution in [-0.4, -0.2) is 42.6 Å². The summed E-state index contributed by atoms with van der Waals surface area (Å²) in [5.41, 5.74) is 2.39. The summed E-state index contributed by atoms with van der Waals surface area (Å²) >= 11 is 0. The van der Waals surface area contributed by atoms with Crippen molar-refractivity contribution >= 4 is 11.9 Å². The van der Waals surface area contributed by atoms with Crippen LogP contribution < -0.4 is 4.74 Å². The molecule has 1 amide bonds. The average Bonchev–Trinajstić information content (AvgIpc) is 2.48. The van der Waals surface area contributed by atoms with E-state index in [1.54, 1.807) is 11.8 Å². The third kappa shape index (κ3) is 5.21. The molecule has 5 heteroatoms. The Bertz CT molecular complexity index is 627. The standard InChI is InChI=1S/C20H29NO4/c1-6-24-19(23)10-9-18(22)21-12-15(13-21)25-17-8-7-14(2)11-16(17)20(3,4)5/h7-8,11,15H,6,9-10,12-13H2,1-5H3. The predicted octanol–water partition coefficient (Wildman–Crippen LogP) is 3.23. The average molecular weight is 347 g/mol. The van der Waals surface area contributed by atoms with Gasteiger partial charge in [0, 0.05) is 6.42 Å². The number of benzene rings is 1. The summed E-state index contributed by atoms with van der Waals surface area (Å²) in [5.74, 6) is 0.549. The Morgan fingerprint density at radius 1 is 1.20 bits per heavy atom. The van der Waals surface area contributed by atoms with Gasteiger partial charge in [0.2, 0.25) is 5.91 Å². The number of amides is 1. The van der Waals surface area contributed by atoms with E-state index >= 15 is 0 Å². The number of aryl methyl sites for hydroxylation is 1. The van der Waals surface area contributed by atoms with Crippen LogP contribution >= 0.6 is 0 Å². The van der Waals surface area contributed by atoms with Gasteiger partial charge in [-0.2, -0.15) is 0 Å². The van der Waals surface area contributed by atoms with E-state index < -0.39 is 0 Å². The second kappa shape index (κ2) is 7.89. The molecule has 1 saturated heterocycles. The zero-order valence-corrected chi connectivity index (χ0v) is 15.9. The molecule has 0 bridgehead atoms. The normalized spacial score (nSPS) is 14.8. The lowest BCUT2D eigenvalue weighted by atomic mass is 9.85. The first-order valence-electron chi connectivity index (χ1n) is 8.92. The van der Waals surface area contributed by atoms with Gasteiger partial charge in [0.25, 0.3) is 0 Å². The molecular weight excluding hydrogens is 318 g/mol. The number of carbonyl (C=O) groups excluding carboxylic acids is 2. The lowest BCUT2D eigenvalue weighted by Gasteiger charge is -2.40. The topological polar surface area (TPSA) is 55.8 Å². The largest absolute Gasteiger partial charge is 0.486 e. The molecule has 1 aromatic rings. The van der Waals surface area contributed by atoms with Crippen molar-refractivity contribution in [2.75, 3.05) is 19.7 Å². The second-order valence-electron chi connectivity index (χ2n) is 7.59. The van der Waals surface area contributed by atoms with Crippen molar-refractivity contribution < 1.29 is 19.1 Å². The quantitative estimate of drug-likeness (QED) is 0.742. The maximum absolute atomic E-state index is 12.1. The molecule has 0 atom stereocenters. The minimum absolute atomic E-state index is 0.000244. The number of ether oxygens (including phenoxy) is 2. The smallest absolute Gasteiger partial charge is 0.306 e. The first-order chi connectivity index (χ1) is 11.7. The van der Waals surface area contributed by atoms with Crippen LogP contribution in [0, 0.1) is 6.92 Å². The Balaban J connectivity index is 1.86. The Morgan fingerprint density at radius 3 is 2.48 bits per heavy atom. The van der Waals surface area contributed by atoms with Crippen LogP contribution in [0.4, 0.5) is 0 Å². The van der Waals surface area contributed by atoms with E-state index in [1.165, 1.54) is 11.1 Å². The van der Waals surface area contributed by atoms with Gasteiger partial charge in [-0.1, -0.05) is 38.5 Å². The molecule has 0 saturated carbocycles. The van der Waals surface area contributed by atoms with Crippen LogP contribution in [-0.2, 0) is 19.7 Å². The fourth-order valence-corrected chi connectivity index (χ4v) is 2.83. The van der Waals surface area contributed by atoms with Crippen molar-refractivity contribution in [1.82, 2.24) is 4.90 Å². The van der Waals surface area contributed by atoms with Crippen LogP contribution in [0.3, 0.4) is 0 Å². The van der Waals surface area contributed by atoms with Crippen LogP contribution in [0.25, 0.3) is 0 Å². The third-order valence-corrected chi connectivity index (χ3v) is 4.29. The number of hydrogen-bond acceptors (Lipinski definition) is 4. The molecule has 0 spiro atoms. The lowest BCUT2D eigenvalue weighted by molar-refractivity contribution is -0.148. The minimum Gasteiger partial charge on any atom is -0.486 e. The lowest BCUT2D eigenvalue weighted by Crippen LogP contribution is -2.56. The highest BCUT2D eigenvalue weighted by molar-refractivity contribution is 5.82. The summed E-state index contributed by atoms with van der Waals surface area (Å²) in [5, 5.41) is 0. The maximum atomic E-state index is 12.1. The Morgan fingerprint density at radius 2 is 1.88 bits per heavy atom. The van der Waals surface area contributed by atoms with Gasteiger partial charge in [0.1, 0.15) is 11.9 Å². The predicted molar refractivity (Wildman–Crippen MR) is 96.7 cm³/mol. The van der Waals surface area contributed by atoms with Crippen molar-refractivity contribution in [3.8, 4) is 5.75 Å². The van der Waals surface area contributed by atoms with Crippen molar-refractivity contribution in [2.24, 2.45) is 0 Å². The molecule has 2 rings (SSSR count). The second-order valence-corrected chi connectivity index (χ2v) is 7.59. The van der Waals surface area contributed by atoms with E-state index in [0.717, 1.165) is 5.75 Å². The highest BCUT2D eigenvalue weighted by Gasteiger charge is 2.33. The molecule has 25 heavy (non-hydrogen) atoms. The number of likely N-dealkylation sites (tertiary alicyclic amines) is 1. The summed E-state index contributed by atoms with van der Waals surface area (Å²) in [6.45, 7) is 11.8. The fraction of sp³-hybridized carbons (Fsp3) is 0.600. The molecule has 5 nitrogen and oxygen atoms in total. The van der Waals surface area contributed by atoms with Crippen molar-refractivity contribution in [3.63, 3.8) is 0 Å². The Kier molecular flexibility index (Phi) is 6.09. The molecular formula is C20H29NO4. The SMILES string of the molecule is CCOC(=O)CCC(=O)N1CC(Oc2ccc(C)cc2C(C)(C)C)C1. The molecule has 1 aliphatic heterocycles. The van der Waals surface area contributed by atoms with E-state index in [9.17, 15) is 9.59 Å². The van der Waals surface area contributed by atoms with Gasteiger partial charge in [-0.3, -0.25) is 9.59 Å². The highest BCUT2D eigenvalue weighted by atomic mass is 16.5. The fourth-order valence-electron chi connectivity index (χ4n) is 2.83. The molecule has 1 aliphatic rings. The van der Waals surface area contributed by atoms with Crippen LogP contribution in [0.2, 0.25) is 0 Å². The highest BCUT2D eigenvalue weighted by Crippen LogP contribution is 2.33. The monoisotopic (exact) mass is 347 g/mol. The van der Waals surface area contributed by atoms with Crippen molar-refractivity contribution in [1.29, 1.82) is 0 Å². The van der Waals surface area contributed by atoms with Gasteiger partial charge >= 0.3 is 5.97 Å². The minimum atomic E-state index is -0.321. The first kappa shape index (κ1) is 19.3. The first-order valence-corrected chi connectivity index (χ1v) is 8.92. The molecule has 0 unspecified atom stereocenters.